The molecule has 0 radical (unpaired) electrons. The van der Waals surface area contributed by atoms with Crippen molar-refractivity contribution in [2.24, 2.45) is 0 Å². The van der Waals surface area contributed by atoms with Gasteiger partial charge in [0.25, 0.3) is 5.91 Å². The fraction of sp³-hybridized carbons (Fsp3) is 0.325. The number of carbonyl (C=O) groups excluding carboxylic acids is 1. The molecule has 0 spiro atoms. The summed E-state index contributed by atoms with van der Waals surface area (Å²) in [7, 11) is 11.1. The minimum atomic E-state index is -0.421. The van der Waals surface area contributed by atoms with Gasteiger partial charge in [-0.05, 0) is 90.6 Å². The number of hydrogen-bond donors (Lipinski definition) is 2. The van der Waals surface area contributed by atoms with Gasteiger partial charge >= 0.3 is 0 Å². The number of amides is 1. The number of carbonyl (C=O) groups is 1. The highest BCUT2D eigenvalue weighted by atomic mass is 16.5. The molecule has 4 aromatic rings. The number of rotatable bonds is 18. The van der Waals surface area contributed by atoms with Gasteiger partial charge in [0.15, 0.2) is 34.5 Å². The van der Waals surface area contributed by atoms with Crippen LogP contribution >= 0.6 is 0 Å². The molecular formula is C40H46N2O10. The van der Waals surface area contributed by atoms with Crippen molar-refractivity contribution in [1.29, 1.82) is 0 Å². The van der Waals surface area contributed by atoms with Crippen LogP contribution in [0.1, 0.15) is 52.5 Å². The fourth-order valence-electron chi connectivity index (χ4n) is 5.78. The summed E-state index contributed by atoms with van der Waals surface area (Å²) in [5.41, 5.74) is 3.83. The van der Waals surface area contributed by atoms with Crippen LogP contribution in [0.5, 0.6) is 51.7 Å². The van der Waals surface area contributed by atoms with Crippen LogP contribution in [0.3, 0.4) is 0 Å². The van der Waals surface area contributed by atoms with E-state index < -0.39 is 6.17 Å². The Bertz CT molecular complexity index is 1830. The topological polar surface area (TPSA) is 124 Å². The summed E-state index contributed by atoms with van der Waals surface area (Å²) in [6, 6.07) is 18.5. The van der Waals surface area contributed by atoms with Crippen LogP contribution in [0.4, 0.5) is 5.69 Å². The van der Waals surface area contributed by atoms with Crippen LogP contribution in [0, 0.1) is 0 Å². The van der Waals surface area contributed by atoms with Gasteiger partial charge in [-0.3, -0.25) is 4.79 Å². The number of hydrogen-bond acceptors (Lipinski definition) is 11. The highest BCUT2D eigenvalue weighted by Crippen LogP contribution is 2.41. The molecule has 52 heavy (non-hydrogen) atoms. The first kappa shape index (κ1) is 37.3. The van der Waals surface area contributed by atoms with E-state index in [0.29, 0.717) is 70.5 Å². The van der Waals surface area contributed by atoms with Crippen LogP contribution in [0.15, 0.2) is 60.7 Å². The number of nitrogens with one attached hydrogen (secondary N) is 2. The van der Waals surface area contributed by atoms with Gasteiger partial charge in [0, 0.05) is 5.69 Å². The zero-order chi connectivity index (χ0) is 37.0. The van der Waals surface area contributed by atoms with Gasteiger partial charge in [-0.1, -0.05) is 18.2 Å². The van der Waals surface area contributed by atoms with Crippen LogP contribution in [-0.4, -0.2) is 68.9 Å². The predicted octanol–water partition coefficient (Wildman–Crippen LogP) is 7.40. The SMILES string of the molecule is COc1ccc2c(c1)C(=O)NC(c1ccc(OCCCCCOc3c(OC)cc(/C=C/c4cc(OC)c(OC)c(OC)c4)cc3OC)c(OC)c1)N2. The van der Waals surface area contributed by atoms with Gasteiger partial charge in [0.2, 0.25) is 11.5 Å². The number of unbranched alkanes of at least 4 members (excludes halogenated alkanes) is 2. The summed E-state index contributed by atoms with van der Waals surface area (Å²) in [6.45, 7) is 0.977. The molecule has 1 heterocycles. The number of benzene rings is 4. The molecule has 276 valence electrons. The van der Waals surface area contributed by atoms with E-state index in [0.717, 1.165) is 41.6 Å². The predicted molar refractivity (Wildman–Crippen MR) is 199 cm³/mol. The number of fused-ring (bicyclic) bond motifs is 1. The Labute approximate surface area is 304 Å². The molecule has 0 saturated heterocycles. The lowest BCUT2D eigenvalue weighted by atomic mass is 10.0. The molecular weight excluding hydrogens is 668 g/mol. The molecule has 12 heteroatoms. The first-order valence-corrected chi connectivity index (χ1v) is 16.8. The van der Waals surface area contributed by atoms with Crippen LogP contribution in [0.2, 0.25) is 0 Å². The smallest absolute Gasteiger partial charge is 0.255 e. The first-order chi connectivity index (χ1) is 25.3. The van der Waals surface area contributed by atoms with E-state index in [1.807, 2.05) is 66.7 Å². The Morgan fingerprint density at radius 1 is 0.538 bits per heavy atom. The van der Waals surface area contributed by atoms with E-state index in [4.69, 9.17) is 42.6 Å². The standard InChI is InChI=1S/C40H46N2O10/c1-44-28-14-15-30-29(24-28)40(43)42-39(41-30)27-13-16-31(32(23-27)45-2)51-17-9-8-10-18-52-38-35(48-5)21-26(22-36(38)49-6)12-11-25-19-33(46-3)37(50-7)34(20-25)47-4/h11-16,19-24,39,41H,8-10,17-18H2,1-7H3,(H,42,43)/b12-11+. The van der Waals surface area contributed by atoms with Crippen molar-refractivity contribution < 1.29 is 47.4 Å². The zero-order valence-corrected chi connectivity index (χ0v) is 30.6. The minimum absolute atomic E-state index is 0.184. The average molecular weight is 715 g/mol. The lowest BCUT2D eigenvalue weighted by molar-refractivity contribution is 0.0935. The Morgan fingerprint density at radius 2 is 1.12 bits per heavy atom. The molecule has 4 aromatic carbocycles. The molecule has 0 fully saturated rings. The van der Waals surface area contributed by atoms with E-state index in [-0.39, 0.29) is 5.91 Å². The summed E-state index contributed by atoms with van der Waals surface area (Å²) in [5.74, 6) is 4.99. The summed E-state index contributed by atoms with van der Waals surface area (Å²) >= 11 is 0. The van der Waals surface area contributed by atoms with Crippen molar-refractivity contribution in [3.63, 3.8) is 0 Å². The quantitative estimate of drug-likeness (QED) is 0.0792. The first-order valence-electron chi connectivity index (χ1n) is 16.8. The van der Waals surface area contributed by atoms with Crippen LogP contribution in [0.25, 0.3) is 12.2 Å². The summed E-state index contributed by atoms with van der Waals surface area (Å²) in [5, 5.41) is 6.35. The second-order valence-electron chi connectivity index (χ2n) is 11.7. The normalized spacial score (nSPS) is 13.4. The third-order valence-electron chi connectivity index (χ3n) is 8.50. The zero-order valence-electron chi connectivity index (χ0n) is 30.6. The Balaban J connectivity index is 1.12. The van der Waals surface area contributed by atoms with Crippen molar-refractivity contribution in [2.45, 2.75) is 25.4 Å². The lowest BCUT2D eigenvalue weighted by Crippen LogP contribution is -2.38. The molecule has 2 N–H and O–H groups in total. The third-order valence-corrected chi connectivity index (χ3v) is 8.50. The summed E-state index contributed by atoms with van der Waals surface area (Å²) in [6.07, 6.45) is 5.95. The monoisotopic (exact) mass is 714 g/mol. The van der Waals surface area contributed by atoms with Gasteiger partial charge in [-0.25, -0.2) is 0 Å². The average Bonchev–Trinajstić information content (AvgIpc) is 3.18. The van der Waals surface area contributed by atoms with E-state index in [1.54, 1.807) is 55.8 Å². The van der Waals surface area contributed by atoms with Crippen molar-refractivity contribution in [1.82, 2.24) is 5.32 Å². The molecule has 0 aromatic heterocycles. The highest BCUT2D eigenvalue weighted by Gasteiger charge is 2.26. The second kappa shape index (κ2) is 17.8. The largest absolute Gasteiger partial charge is 0.497 e. The molecule has 1 amide bonds. The number of anilines is 1. The molecule has 0 saturated carbocycles. The van der Waals surface area contributed by atoms with E-state index >= 15 is 0 Å². The molecule has 1 aliphatic rings. The van der Waals surface area contributed by atoms with Gasteiger partial charge in [-0.2, -0.15) is 0 Å². The van der Waals surface area contributed by atoms with Crippen molar-refractivity contribution >= 4 is 23.7 Å². The van der Waals surface area contributed by atoms with Gasteiger partial charge in [0.05, 0.1) is 68.5 Å². The summed E-state index contributed by atoms with van der Waals surface area (Å²) < 4.78 is 50.8. The third kappa shape index (κ3) is 8.68. The maximum atomic E-state index is 12.8. The van der Waals surface area contributed by atoms with E-state index in [9.17, 15) is 4.79 Å². The maximum absolute atomic E-state index is 12.8. The molecule has 0 bridgehead atoms. The number of methoxy groups -OCH3 is 7. The highest BCUT2D eigenvalue weighted by molar-refractivity contribution is 6.02. The molecule has 1 aliphatic heterocycles. The van der Waals surface area contributed by atoms with Crippen LogP contribution in [-0.2, 0) is 0 Å². The Kier molecular flexibility index (Phi) is 12.8. The second-order valence-corrected chi connectivity index (χ2v) is 11.7. The molecule has 12 nitrogen and oxygen atoms in total. The van der Waals surface area contributed by atoms with E-state index in [2.05, 4.69) is 10.6 Å². The van der Waals surface area contributed by atoms with Crippen molar-refractivity contribution in [3.05, 3.63) is 82.9 Å². The van der Waals surface area contributed by atoms with Gasteiger partial charge in [0.1, 0.15) is 11.9 Å². The van der Waals surface area contributed by atoms with Crippen molar-refractivity contribution in [3.8, 4) is 51.7 Å². The maximum Gasteiger partial charge on any atom is 0.255 e. The molecule has 1 unspecified atom stereocenters. The Hall–Kier alpha value is -5.91. The van der Waals surface area contributed by atoms with Crippen molar-refractivity contribution in [2.75, 3.05) is 68.3 Å². The lowest BCUT2D eigenvalue weighted by Gasteiger charge is -2.28. The number of ether oxygens (including phenoxy) is 9. The van der Waals surface area contributed by atoms with Crippen LogP contribution < -0.4 is 53.3 Å². The van der Waals surface area contributed by atoms with E-state index in [1.165, 1.54) is 0 Å². The molecule has 0 aliphatic carbocycles. The fourth-order valence-corrected chi connectivity index (χ4v) is 5.78. The van der Waals surface area contributed by atoms with Gasteiger partial charge < -0.3 is 53.3 Å². The molecule has 5 rings (SSSR count). The Morgan fingerprint density at radius 3 is 1.67 bits per heavy atom. The molecule has 1 atom stereocenters. The van der Waals surface area contributed by atoms with Gasteiger partial charge in [-0.15, -0.1) is 0 Å². The summed E-state index contributed by atoms with van der Waals surface area (Å²) in [4.78, 5) is 12.8. The minimum Gasteiger partial charge on any atom is -0.497 e.